The maximum atomic E-state index is 14.0. The fraction of sp³-hybridized carbons (Fsp3) is 0.412. The quantitative estimate of drug-likeness (QED) is 0.777. The van der Waals surface area contributed by atoms with Gasteiger partial charge in [0.2, 0.25) is 0 Å². The lowest BCUT2D eigenvalue weighted by molar-refractivity contribution is 0.372. The molecule has 3 aromatic rings. The van der Waals surface area contributed by atoms with Gasteiger partial charge >= 0.3 is 0 Å². The molecule has 1 aliphatic carbocycles. The first kappa shape index (κ1) is 15.1. The van der Waals surface area contributed by atoms with Crippen LogP contribution in [0.3, 0.4) is 0 Å². The highest BCUT2D eigenvalue weighted by Gasteiger charge is 2.36. The molecule has 1 aliphatic rings. The summed E-state index contributed by atoms with van der Waals surface area (Å²) in [4.78, 5) is 13.4. The normalized spacial score (nSPS) is 16.8. The largest absolute Gasteiger partial charge is 0.334 e. The van der Waals surface area contributed by atoms with Gasteiger partial charge in [-0.05, 0) is 32.8 Å². The van der Waals surface area contributed by atoms with Crippen molar-refractivity contribution in [3.05, 3.63) is 35.2 Å². The Hall–Kier alpha value is -2.41. The number of nitrogens with zero attached hydrogens (tertiary/aromatic N) is 4. The predicted octanol–water partition coefficient (Wildman–Crippen LogP) is 3.16. The molecule has 6 nitrogen and oxygen atoms in total. The number of fused-ring (bicyclic) bond motifs is 1. The van der Waals surface area contributed by atoms with Crippen LogP contribution in [0.1, 0.15) is 42.9 Å². The van der Waals surface area contributed by atoms with Crippen molar-refractivity contribution in [2.45, 2.75) is 45.1 Å². The van der Waals surface area contributed by atoms with E-state index >= 15 is 0 Å². The van der Waals surface area contributed by atoms with Gasteiger partial charge in [-0.15, -0.1) is 0 Å². The molecule has 0 amide bonds. The van der Waals surface area contributed by atoms with Crippen LogP contribution in [0.2, 0.25) is 0 Å². The summed E-state index contributed by atoms with van der Waals surface area (Å²) in [6, 6.07) is 2.71. The second-order valence-electron chi connectivity index (χ2n) is 6.50. The van der Waals surface area contributed by atoms with Crippen LogP contribution in [-0.2, 0) is 5.54 Å². The maximum Gasteiger partial charge on any atom is 0.260 e. The molecular formula is C17H18FN5O. The standard InChI is InChI=1S/C17H18FN5O/c1-9-10(2)21-14-12(7-11(18)8-13(14)20-9)15-22-16(23-24-15)17(19)5-3-4-6-17/h7-8H,3-6,19H2,1-2H3. The number of benzene rings is 1. The monoisotopic (exact) mass is 327 g/mol. The zero-order valence-electron chi connectivity index (χ0n) is 13.6. The lowest BCUT2D eigenvalue weighted by Gasteiger charge is -2.17. The van der Waals surface area contributed by atoms with Gasteiger partial charge in [0, 0.05) is 6.07 Å². The highest BCUT2D eigenvalue weighted by atomic mass is 19.1. The van der Waals surface area contributed by atoms with E-state index in [1.807, 2.05) is 13.8 Å². The van der Waals surface area contributed by atoms with Crippen molar-refractivity contribution in [2.75, 3.05) is 0 Å². The van der Waals surface area contributed by atoms with Crippen molar-refractivity contribution in [2.24, 2.45) is 5.73 Å². The zero-order chi connectivity index (χ0) is 16.9. The van der Waals surface area contributed by atoms with Crippen LogP contribution in [-0.4, -0.2) is 20.1 Å². The van der Waals surface area contributed by atoms with Gasteiger partial charge in [0.15, 0.2) is 5.82 Å². The molecule has 1 fully saturated rings. The summed E-state index contributed by atoms with van der Waals surface area (Å²) >= 11 is 0. The van der Waals surface area contributed by atoms with Crippen molar-refractivity contribution in [1.29, 1.82) is 0 Å². The molecule has 1 saturated carbocycles. The molecule has 0 aliphatic heterocycles. The van der Waals surface area contributed by atoms with Gasteiger partial charge < -0.3 is 10.3 Å². The van der Waals surface area contributed by atoms with Crippen molar-refractivity contribution < 1.29 is 8.91 Å². The van der Waals surface area contributed by atoms with E-state index in [1.165, 1.54) is 12.1 Å². The molecule has 2 N–H and O–H groups in total. The Kier molecular flexibility index (Phi) is 3.35. The lowest BCUT2D eigenvalue weighted by atomic mass is 9.98. The predicted molar refractivity (Wildman–Crippen MR) is 86.6 cm³/mol. The molecule has 0 bridgehead atoms. The third kappa shape index (κ3) is 2.36. The number of halogens is 1. The number of nitrogens with two attached hydrogens (primary N) is 1. The van der Waals surface area contributed by atoms with Crippen LogP contribution in [0.15, 0.2) is 16.7 Å². The van der Waals surface area contributed by atoms with Crippen LogP contribution < -0.4 is 5.73 Å². The molecule has 7 heteroatoms. The van der Waals surface area contributed by atoms with Crippen LogP contribution in [0, 0.1) is 19.7 Å². The van der Waals surface area contributed by atoms with E-state index in [4.69, 9.17) is 10.3 Å². The van der Waals surface area contributed by atoms with E-state index < -0.39 is 11.4 Å². The minimum Gasteiger partial charge on any atom is -0.334 e. The van der Waals surface area contributed by atoms with Crippen molar-refractivity contribution in [3.8, 4) is 11.5 Å². The Morgan fingerprint density at radius 1 is 1.08 bits per heavy atom. The number of rotatable bonds is 2. The summed E-state index contributed by atoms with van der Waals surface area (Å²) in [7, 11) is 0. The Labute approximate surface area is 138 Å². The molecule has 2 aromatic heterocycles. The molecule has 4 rings (SSSR count). The molecule has 2 heterocycles. The van der Waals surface area contributed by atoms with Crippen LogP contribution >= 0.6 is 0 Å². The van der Waals surface area contributed by atoms with Gasteiger partial charge in [-0.3, -0.25) is 0 Å². The molecule has 0 spiro atoms. The molecular weight excluding hydrogens is 309 g/mol. The van der Waals surface area contributed by atoms with Gasteiger partial charge in [0.25, 0.3) is 5.89 Å². The smallest absolute Gasteiger partial charge is 0.260 e. The minimum absolute atomic E-state index is 0.226. The maximum absolute atomic E-state index is 14.0. The summed E-state index contributed by atoms with van der Waals surface area (Å²) in [5.74, 6) is 0.283. The Bertz CT molecular complexity index is 930. The third-order valence-electron chi connectivity index (χ3n) is 4.74. The van der Waals surface area contributed by atoms with Crippen molar-refractivity contribution in [1.82, 2.24) is 20.1 Å². The molecule has 124 valence electrons. The van der Waals surface area contributed by atoms with E-state index in [1.54, 1.807) is 0 Å². The molecule has 0 saturated heterocycles. The van der Waals surface area contributed by atoms with E-state index in [0.717, 1.165) is 37.1 Å². The van der Waals surface area contributed by atoms with E-state index in [-0.39, 0.29) is 5.89 Å². The summed E-state index contributed by atoms with van der Waals surface area (Å²) in [6.45, 7) is 3.71. The van der Waals surface area contributed by atoms with E-state index in [0.29, 0.717) is 22.4 Å². The fourth-order valence-corrected chi connectivity index (χ4v) is 3.23. The van der Waals surface area contributed by atoms with Crippen molar-refractivity contribution in [3.63, 3.8) is 0 Å². The summed E-state index contributed by atoms with van der Waals surface area (Å²) in [5.41, 5.74) is 8.82. The van der Waals surface area contributed by atoms with E-state index in [2.05, 4.69) is 20.1 Å². The summed E-state index contributed by atoms with van der Waals surface area (Å²) in [6.07, 6.45) is 3.75. The third-order valence-corrected chi connectivity index (χ3v) is 4.74. The number of hydrogen-bond donors (Lipinski definition) is 1. The summed E-state index contributed by atoms with van der Waals surface area (Å²) < 4.78 is 19.4. The topological polar surface area (TPSA) is 90.7 Å². The van der Waals surface area contributed by atoms with Crippen LogP contribution in [0.5, 0.6) is 0 Å². The van der Waals surface area contributed by atoms with Crippen LogP contribution in [0.25, 0.3) is 22.5 Å². The molecule has 24 heavy (non-hydrogen) atoms. The van der Waals surface area contributed by atoms with Crippen molar-refractivity contribution >= 4 is 11.0 Å². The second-order valence-corrected chi connectivity index (χ2v) is 6.50. The zero-order valence-corrected chi connectivity index (χ0v) is 13.6. The molecule has 0 unspecified atom stereocenters. The Morgan fingerprint density at radius 2 is 1.79 bits per heavy atom. The average Bonchev–Trinajstić information content (AvgIpc) is 3.18. The minimum atomic E-state index is -0.553. The van der Waals surface area contributed by atoms with Gasteiger partial charge in [-0.25, -0.2) is 14.4 Å². The Morgan fingerprint density at radius 3 is 2.54 bits per heavy atom. The number of aryl methyl sites for hydroxylation is 2. The molecule has 1 aromatic carbocycles. The van der Waals surface area contributed by atoms with Gasteiger partial charge in [0.05, 0.1) is 28.0 Å². The highest BCUT2D eigenvalue weighted by Crippen LogP contribution is 2.36. The molecule has 0 atom stereocenters. The highest BCUT2D eigenvalue weighted by molar-refractivity contribution is 5.89. The lowest BCUT2D eigenvalue weighted by Crippen LogP contribution is -2.34. The fourth-order valence-electron chi connectivity index (χ4n) is 3.23. The first-order valence-corrected chi connectivity index (χ1v) is 8.04. The van der Waals surface area contributed by atoms with Gasteiger partial charge in [-0.2, -0.15) is 4.98 Å². The summed E-state index contributed by atoms with van der Waals surface area (Å²) in [5, 5.41) is 4.04. The first-order chi connectivity index (χ1) is 11.5. The SMILES string of the molecule is Cc1nc2cc(F)cc(-c3nc(C4(N)CCCC4)no3)c2nc1C. The second kappa shape index (κ2) is 5.31. The number of aromatic nitrogens is 4. The first-order valence-electron chi connectivity index (χ1n) is 8.04. The van der Waals surface area contributed by atoms with Gasteiger partial charge in [-0.1, -0.05) is 18.0 Å². The van der Waals surface area contributed by atoms with Gasteiger partial charge in [0.1, 0.15) is 11.3 Å². The van der Waals surface area contributed by atoms with Crippen LogP contribution in [0.4, 0.5) is 4.39 Å². The Balaban J connectivity index is 1.87. The average molecular weight is 327 g/mol. The van der Waals surface area contributed by atoms with E-state index in [9.17, 15) is 4.39 Å². The molecule has 0 radical (unpaired) electrons. The number of hydrogen-bond acceptors (Lipinski definition) is 6.